The van der Waals surface area contributed by atoms with Crippen LogP contribution in [0.4, 0.5) is 5.00 Å². The van der Waals surface area contributed by atoms with E-state index in [-0.39, 0.29) is 37.0 Å². The number of carbonyl (C=O) groups excluding carboxylic acids is 3. The number of ether oxygens (including phenoxy) is 1. The molecule has 1 aromatic carbocycles. The molecule has 0 atom stereocenters. The number of aryl methyl sites for hydroxylation is 1. The van der Waals surface area contributed by atoms with Crippen LogP contribution in [0.3, 0.4) is 0 Å². The second kappa shape index (κ2) is 9.67. The molecule has 2 rings (SSSR count). The van der Waals surface area contributed by atoms with Gasteiger partial charge in [0.05, 0.1) is 12.2 Å². The maximum absolute atomic E-state index is 12.2. The van der Waals surface area contributed by atoms with E-state index in [2.05, 4.69) is 10.6 Å². The lowest BCUT2D eigenvalue weighted by Crippen LogP contribution is -2.28. The predicted molar refractivity (Wildman–Crippen MR) is 106 cm³/mol. The Hall–Kier alpha value is -3.18. The van der Waals surface area contributed by atoms with Crippen LogP contribution in [0.25, 0.3) is 0 Å². The Bertz CT molecular complexity index is 943. The van der Waals surface area contributed by atoms with Crippen molar-refractivity contribution in [1.82, 2.24) is 5.32 Å². The van der Waals surface area contributed by atoms with E-state index in [1.165, 1.54) is 0 Å². The van der Waals surface area contributed by atoms with E-state index in [9.17, 15) is 19.6 Å². The maximum atomic E-state index is 12.2. The number of nitriles is 1. The molecule has 0 aliphatic rings. The normalized spacial score (nSPS) is 10.1. The molecule has 146 valence electrons. The molecule has 2 N–H and O–H groups in total. The lowest BCUT2D eigenvalue weighted by Gasteiger charge is -2.07. The zero-order valence-electron chi connectivity index (χ0n) is 15.9. The van der Waals surface area contributed by atoms with Gasteiger partial charge in [-0.1, -0.05) is 18.2 Å². The average Bonchev–Trinajstić information content (AvgIpc) is 2.97. The molecule has 8 heteroatoms. The van der Waals surface area contributed by atoms with Crippen LogP contribution in [-0.2, 0) is 9.53 Å². The molecule has 0 saturated carbocycles. The summed E-state index contributed by atoms with van der Waals surface area (Å²) in [6, 6.07) is 9.19. The van der Waals surface area contributed by atoms with Crippen molar-refractivity contribution in [1.29, 1.82) is 5.26 Å². The summed E-state index contributed by atoms with van der Waals surface area (Å²) in [5.74, 6) is -1.13. The number of benzene rings is 1. The Balaban J connectivity index is 1.97. The molecule has 28 heavy (non-hydrogen) atoms. The number of hydrogen-bond acceptors (Lipinski definition) is 6. The predicted octanol–water partition coefficient (Wildman–Crippen LogP) is 3.17. The van der Waals surface area contributed by atoms with Crippen LogP contribution in [0, 0.1) is 25.2 Å². The van der Waals surface area contributed by atoms with E-state index < -0.39 is 5.97 Å². The highest BCUT2D eigenvalue weighted by molar-refractivity contribution is 7.18. The molecule has 1 heterocycles. The van der Waals surface area contributed by atoms with Crippen molar-refractivity contribution in [2.45, 2.75) is 27.2 Å². The molecule has 0 fully saturated rings. The first kappa shape index (κ1) is 21.1. The SMILES string of the molecule is CCOC(=O)c1sc(NC(=O)CCNC(=O)c2ccccc2C)c(C#N)c1C. The molecule has 0 spiro atoms. The van der Waals surface area contributed by atoms with E-state index in [1.54, 1.807) is 26.0 Å². The summed E-state index contributed by atoms with van der Waals surface area (Å²) in [4.78, 5) is 36.6. The van der Waals surface area contributed by atoms with Crippen LogP contribution in [0.15, 0.2) is 24.3 Å². The number of esters is 1. The van der Waals surface area contributed by atoms with Gasteiger partial charge in [0.1, 0.15) is 15.9 Å². The number of thiophene rings is 1. The standard InChI is InChI=1S/C20H21N3O4S/c1-4-27-20(26)17-13(3)15(11-21)19(28-17)23-16(24)9-10-22-18(25)14-8-6-5-7-12(14)2/h5-8H,4,9-10H2,1-3H3,(H,22,25)(H,23,24). The van der Waals surface area contributed by atoms with Gasteiger partial charge in [-0.05, 0) is 38.0 Å². The summed E-state index contributed by atoms with van der Waals surface area (Å²) in [5, 5.41) is 15.0. The number of amides is 2. The Labute approximate surface area is 167 Å². The monoisotopic (exact) mass is 399 g/mol. The van der Waals surface area contributed by atoms with Crippen molar-refractivity contribution in [3.05, 3.63) is 51.4 Å². The smallest absolute Gasteiger partial charge is 0.348 e. The number of hydrogen-bond donors (Lipinski definition) is 2. The average molecular weight is 399 g/mol. The molecule has 0 bridgehead atoms. The number of carbonyl (C=O) groups is 3. The Morgan fingerprint density at radius 2 is 1.93 bits per heavy atom. The van der Waals surface area contributed by atoms with Crippen LogP contribution in [-0.4, -0.2) is 30.9 Å². The molecule has 0 aliphatic carbocycles. The molecule has 2 aromatic rings. The van der Waals surface area contributed by atoms with E-state index in [0.29, 0.717) is 21.0 Å². The first-order valence-electron chi connectivity index (χ1n) is 8.73. The molecule has 2 amide bonds. The highest BCUT2D eigenvalue weighted by Gasteiger charge is 2.22. The van der Waals surface area contributed by atoms with Gasteiger partial charge < -0.3 is 15.4 Å². The Kier molecular flexibility index (Phi) is 7.29. The van der Waals surface area contributed by atoms with Crippen molar-refractivity contribution >= 4 is 34.1 Å². The van der Waals surface area contributed by atoms with Crippen molar-refractivity contribution in [3.63, 3.8) is 0 Å². The molecule has 0 saturated heterocycles. The highest BCUT2D eigenvalue weighted by atomic mass is 32.1. The molecular formula is C20H21N3O4S. The van der Waals surface area contributed by atoms with E-state index in [0.717, 1.165) is 16.9 Å². The van der Waals surface area contributed by atoms with E-state index in [4.69, 9.17) is 4.74 Å². The van der Waals surface area contributed by atoms with Crippen molar-refractivity contribution in [2.24, 2.45) is 0 Å². The summed E-state index contributed by atoms with van der Waals surface area (Å²) in [6.45, 7) is 5.54. The first-order valence-corrected chi connectivity index (χ1v) is 9.55. The van der Waals surface area contributed by atoms with E-state index in [1.807, 2.05) is 25.1 Å². The van der Waals surface area contributed by atoms with Crippen LogP contribution in [0.1, 0.15) is 50.1 Å². The van der Waals surface area contributed by atoms with Gasteiger partial charge in [0.25, 0.3) is 5.91 Å². The number of nitrogens with one attached hydrogen (secondary N) is 2. The zero-order valence-corrected chi connectivity index (χ0v) is 16.7. The minimum atomic E-state index is -0.521. The van der Waals surface area contributed by atoms with Crippen LogP contribution >= 0.6 is 11.3 Å². The highest BCUT2D eigenvalue weighted by Crippen LogP contribution is 2.33. The van der Waals surface area contributed by atoms with Gasteiger partial charge in [0.2, 0.25) is 5.91 Å². The molecule has 1 aromatic heterocycles. The summed E-state index contributed by atoms with van der Waals surface area (Å²) >= 11 is 1.01. The maximum Gasteiger partial charge on any atom is 0.348 e. The van der Waals surface area contributed by atoms with Crippen molar-refractivity contribution in [2.75, 3.05) is 18.5 Å². The third kappa shape index (κ3) is 4.96. The molecule has 0 unspecified atom stereocenters. The van der Waals surface area contributed by atoms with Crippen LogP contribution in [0.5, 0.6) is 0 Å². The van der Waals surface area contributed by atoms with E-state index >= 15 is 0 Å². The summed E-state index contributed by atoms with van der Waals surface area (Å²) in [6.07, 6.45) is 0.0359. The third-order valence-electron chi connectivity index (χ3n) is 4.00. The Morgan fingerprint density at radius 3 is 2.57 bits per heavy atom. The fourth-order valence-corrected chi connectivity index (χ4v) is 3.60. The lowest BCUT2D eigenvalue weighted by atomic mass is 10.1. The van der Waals surface area contributed by atoms with Gasteiger partial charge in [-0.15, -0.1) is 11.3 Å². The van der Waals surface area contributed by atoms with Gasteiger partial charge in [0.15, 0.2) is 0 Å². The topological polar surface area (TPSA) is 108 Å². The fourth-order valence-electron chi connectivity index (χ4n) is 2.53. The number of anilines is 1. The molecular weight excluding hydrogens is 378 g/mol. The first-order chi connectivity index (χ1) is 13.4. The van der Waals surface area contributed by atoms with Gasteiger partial charge in [0, 0.05) is 18.5 Å². The quantitative estimate of drug-likeness (QED) is 0.695. The summed E-state index contributed by atoms with van der Waals surface area (Å²) in [7, 11) is 0. The third-order valence-corrected chi connectivity index (χ3v) is 5.19. The van der Waals surface area contributed by atoms with Crippen LogP contribution < -0.4 is 10.6 Å². The second-order valence-electron chi connectivity index (χ2n) is 5.96. The summed E-state index contributed by atoms with van der Waals surface area (Å²) in [5.41, 5.74) is 2.13. The second-order valence-corrected chi connectivity index (χ2v) is 6.98. The summed E-state index contributed by atoms with van der Waals surface area (Å²) < 4.78 is 4.97. The Morgan fingerprint density at radius 1 is 1.21 bits per heavy atom. The van der Waals surface area contributed by atoms with Gasteiger partial charge in [-0.2, -0.15) is 5.26 Å². The van der Waals surface area contributed by atoms with Crippen molar-refractivity contribution in [3.8, 4) is 6.07 Å². The minimum absolute atomic E-state index is 0.0359. The van der Waals surface area contributed by atoms with Gasteiger partial charge >= 0.3 is 5.97 Å². The lowest BCUT2D eigenvalue weighted by molar-refractivity contribution is -0.116. The largest absolute Gasteiger partial charge is 0.462 e. The van der Waals surface area contributed by atoms with Gasteiger partial charge in [-0.25, -0.2) is 4.79 Å². The zero-order chi connectivity index (χ0) is 20.7. The van der Waals surface area contributed by atoms with Gasteiger partial charge in [-0.3, -0.25) is 9.59 Å². The fraction of sp³-hybridized carbons (Fsp3) is 0.300. The van der Waals surface area contributed by atoms with Crippen LogP contribution in [0.2, 0.25) is 0 Å². The molecule has 0 aliphatic heterocycles. The molecule has 7 nitrogen and oxygen atoms in total. The van der Waals surface area contributed by atoms with Crippen molar-refractivity contribution < 1.29 is 19.1 Å². The minimum Gasteiger partial charge on any atom is -0.462 e. The molecule has 0 radical (unpaired) electrons. The number of rotatable bonds is 7. The number of nitrogens with zero attached hydrogens (tertiary/aromatic N) is 1.